The van der Waals surface area contributed by atoms with Gasteiger partial charge in [0.15, 0.2) is 9.84 Å². The van der Waals surface area contributed by atoms with Crippen LogP contribution in [0.2, 0.25) is 0 Å². The highest BCUT2D eigenvalue weighted by atomic mass is 32.2. The molecular formula is C20H20FNO4S. The second-order valence-electron chi connectivity index (χ2n) is 6.84. The Morgan fingerprint density at radius 3 is 2.30 bits per heavy atom. The van der Waals surface area contributed by atoms with Gasteiger partial charge in [0.05, 0.1) is 17.8 Å². The number of halogens is 1. The highest BCUT2D eigenvalue weighted by Gasteiger charge is 2.46. The smallest absolute Gasteiger partial charge is 0.254 e. The fraction of sp³-hybridized carbons (Fsp3) is 0.250. The molecule has 1 heterocycles. The van der Waals surface area contributed by atoms with Crippen molar-refractivity contribution >= 4 is 21.4 Å². The van der Waals surface area contributed by atoms with E-state index in [2.05, 4.69) is 6.58 Å². The zero-order valence-electron chi connectivity index (χ0n) is 15.1. The molecule has 1 saturated heterocycles. The highest BCUT2D eigenvalue weighted by Crippen LogP contribution is 2.40. The third-order valence-electron chi connectivity index (χ3n) is 4.80. The number of amides is 1. The molecule has 7 heteroatoms. The van der Waals surface area contributed by atoms with E-state index >= 15 is 0 Å². The van der Waals surface area contributed by atoms with Gasteiger partial charge in [-0.3, -0.25) is 4.79 Å². The molecule has 1 atom stereocenters. The number of carbonyl (C=O) groups is 1. The Balaban J connectivity index is 1.87. The first-order valence-electron chi connectivity index (χ1n) is 8.30. The average molecular weight is 389 g/mol. The molecule has 0 bridgehead atoms. The molecule has 142 valence electrons. The molecule has 0 spiro atoms. The number of carbonyl (C=O) groups excluding carboxylic acids is 1. The molecule has 0 N–H and O–H groups in total. The predicted octanol–water partition coefficient (Wildman–Crippen LogP) is 3.22. The van der Waals surface area contributed by atoms with Gasteiger partial charge in [-0.05, 0) is 48.5 Å². The van der Waals surface area contributed by atoms with Crippen LogP contribution in [0.25, 0.3) is 0 Å². The predicted molar refractivity (Wildman–Crippen MR) is 101 cm³/mol. The third kappa shape index (κ3) is 3.60. The van der Waals surface area contributed by atoms with Crippen molar-refractivity contribution in [2.45, 2.75) is 11.8 Å². The summed E-state index contributed by atoms with van der Waals surface area (Å²) in [5, 5.41) is 0. The van der Waals surface area contributed by atoms with Crippen molar-refractivity contribution in [3.63, 3.8) is 0 Å². The number of hydrogen-bond donors (Lipinski definition) is 0. The van der Waals surface area contributed by atoms with Crippen LogP contribution in [0, 0.1) is 11.2 Å². The summed E-state index contributed by atoms with van der Waals surface area (Å²) in [7, 11) is -2.15. The quantitative estimate of drug-likeness (QED) is 0.737. The van der Waals surface area contributed by atoms with Crippen LogP contribution >= 0.6 is 0 Å². The van der Waals surface area contributed by atoms with Gasteiger partial charge in [0.1, 0.15) is 11.6 Å². The number of rotatable bonds is 5. The molecule has 0 aromatic heterocycles. The van der Waals surface area contributed by atoms with Crippen LogP contribution in [0.5, 0.6) is 5.75 Å². The van der Waals surface area contributed by atoms with Crippen molar-refractivity contribution in [1.29, 1.82) is 0 Å². The van der Waals surface area contributed by atoms with E-state index in [9.17, 15) is 17.6 Å². The van der Waals surface area contributed by atoms with E-state index in [-0.39, 0.29) is 28.7 Å². The second-order valence-corrected chi connectivity index (χ2v) is 8.83. The molecule has 0 saturated carbocycles. The SMILES string of the molecule is C=C1C(=O)N(c2ccc(F)cc2)CC1(C)CS(=O)(=O)c1ccc(OC)cc1. The molecule has 1 aliphatic rings. The number of sulfone groups is 1. The van der Waals surface area contributed by atoms with Gasteiger partial charge in [-0.2, -0.15) is 0 Å². The summed E-state index contributed by atoms with van der Waals surface area (Å²) in [6, 6.07) is 11.6. The summed E-state index contributed by atoms with van der Waals surface area (Å²) in [4.78, 5) is 14.2. The summed E-state index contributed by atoms with van der Waals surface area (Å²) >= 11 is 0. The minimum atomic E-state index is -3.65. The Morgan fingerprint density at radius 1 is 1.15 bits per heavy atom. The molecule has 5 nitrogen and oxygen atoms in total. The Labute approximate surface area is 158 Å². The summed E-state index contributed by atoms with van der Waals surface area (Å²) in [6.07, 6.45) is 0. The van der Waals surface area contributed by atoms with Crippen LogP contribution < -0.4 is 9.64 Å². The summed E-state index contributed by atoms with van der Waals surface area (Å²) < 4.78 is 43.9. The minimum Gasteiger partial charge on any atom is -0.497 e. The Hall–Kier alpha value is -2.67. The van der Waals surface area contributed by atoms with Crippen LogP contribution in [-0.4, -0.2) is 33.7 Å². The van der Waals surface area contributed by atoms with E-state index in [1.165, 1.54) is 48.4 Å². The van der Waals surface area contributed by atoms with E-state index in [0.717, 1.165) is 0 Å². The van der Waals surface area contributed by atoms with Gasteiger partial charge in [0.25, 0.3) is 5.91 Å². The number of methoxy groups -OCH3 is 1. The van der Waals surface area contributed by atoms with Crippen molar-refractivity contribution < 1.29 is 22.3 Å². The van der Waals surface area contributed by atoms with Gasteiger partial charge < -0.3 is 9.64 Å². The lowest BCUT2D eigenvalue weighted by Crippen LogP contribution is -2.32. The molecule has 0 aliphatic carbocycles. The first-order valence-corrected chi connectivity index (χ1v) is 9.95. The maximum absolute atomic E-state index is 13.2. The first-order chi connectivity index (χ1) is 12.7. The van der Waals surface area contributed by atoms with Crippen LogP contribution in [0.1, 0.15) is 6.92 Å². The number of anilines is 1. The fourth-order valence-corrected chi connectivity index (χ4v) is 5.01. The first kappa shape index (κ1) is 19.1. The Bertz CT molecular complexity index is 984. The molecule has 0 radical (unpaired) electrons. The van der Waals surface area contributed by atoms with Crippen molar-refractivity contribution in [1.82, 2.24) is 0 Å². The van der Waals surface area contributed by atoms with E-state index in [0.29, 0.717) is 11.4 Å². The number of nitrogens with zero attached hydrogens (tertiary/aromatic N) is 1. The summed E-state index contributed by atoms with van der Waals surface area (Å²) in [5.74, 6) is -0.458. The largest absolute Gasteiger partial charge is 0.497 e. The lowest BCUT2D eigenvalue weighted by atomic mass is 9.88. The van der Waals surface area contributed by atoms with E-state index in [4.69, 9.17) is 4.74 Å². The Kier molecular flexibility index (Phi) is 4.82. The molecule has 27 heavy (non-hydrogen) atoms. The van der Waals surface area contributed by atoms with E-state index in [1.54, 1.807) is 19.1 Å². The molecule has 1 unspecified atom stereocenters. The zero-order chi connectivity index (χ0) is 19.8. The average Bonchev–Trinajstić information content (AvgIpc) is 2.86. The zero-order valence-corrected chi connectivity index (χ0v) is 15.9. The van der Waals surface area contributed by atoms with Crippen LogP contribution in [0.15, 0.2) is 65.6 Å². The van der Waals surface area contributed by atoms with Gasteiger partial charge in [-0.25, -0.2) is 12.8 Å². The van der Waals surface area contributed by atoms with Crippen molar-refractivity contribution in [3.8, 4) is 5.75 Å². The van der Waals surface area contributed by atoms with Crippen LogP contribution in [0.3, 0.4) is 0 Å². The normalized spacial score (nSPS) is 20.2. The van der Waals surface area contributed by atoms with Crippen LogP contribution in [0.4, 0.5) is 10.1 Å². The van der Waals surface area contributed by atoms with Crippen molar-refractivity contribution in [2.24, 2.45) is 5.41 Å². The highest BCUT2D eigenvalue weighted by molar-refractivity contribution is 7.91. The maximum Gasteiger partial charge on any atom is 0.254 e. The second kappa shape index (κ2) is 6.81. The van der Waals surface area contributed by atoms with Crippen LogP contribution in [-0.2, 0) is 14.6 Å². The van der Waals surface area contributed by atoms with E-state index < -0.39 is 21.1 Å². The monoisotopic (exact) mass is 389 g/mol. The van der Waals surface area contributed by atoms with Crippen molar-refractivity contribution in [3.05, 3.63) is 66.5 Å². The summed E-state index contributed by atoms with van der Waals surface area (Å²) in [6.45, 7) is 5.70. The number of ether oxygens (including phenoxy) is 1. The fourth-order valence-electron chi connectivity index (χ4n) is 3.19. The van der Waals surface area contributed by atoms with Crippen molar-refractivity contribution in [2.75, 3.05) is 24.3 Å². The molecule has 1 amide bonds. The molecular weight excluding hydrogens is 369 g/mol. The molecule has 3 rings (SSSR count). The molecule has 2 aromatic rings. The molecule has 1 fully saturated rings. The number of benzene rings is 2. The standard InChI is InChI=1S/C20H20FNO4S/c1-14-19(23)22(16-6-4-15(21)5-7-16)12-20(14,2)13-27(24,25)18-10-8-17(26-3)9-11-18/h4-11H,1,12-13H2,2-3H3. The third-order valence-corrected chi connectivity index (χ3v) is 6.81. The topological polar surface area (TPSA) is 63.7 Å². The van der Waals surface area contributed by atoms with Gasteiger partial charge in [-0.15, -0.1) is 0 Å². The van der Waals surface area contributed by atoms with Gasteiger partial charge >= 0.3 is 0 Å². The van der Waals surface area contributed by atoms with Gasteiger partial charge in [0.2, 0.25) is 0 Å². The van der Waals surface area contributed by atoms with Gasteiger partial charge in [-0.1, -0.05) is 13.5 Å². The molecule has 1 aliphatic heterocycles. The van der Waals surface area contributed by atoms with Gasteiger partial charge in [0, 0.05) is 23.2 Å². The lowest BCUT2D eigenvalue weighted by Gasteiger charge is -2.24. The lowest BCUT2D eigenvalue weighted by molar-refractivity contribution is -0.114. The molecule has 2 aromatic carbocycles. The minimum absolute atomic E-state index is 0.157. The number of hydrogen-bond acceptors (Lipinski definition) is 4. The maximum atomic E-state index is 13.2. The van der Waals surface area contributed by atoms with E-state index in [1.807, 2.05) is 0 Å². The summed E-state index contributed by atoms with van der Waals surface area (Å²) in [5.41, 5.74) is -0.221. The Morgan fingerprint density at radius 2 is 1.74 bits per heavy atom.